The molecule has 0 aliphatic heterocycles. The molecule has 0 spiro atoms. The van der Waals surface area contributed by atoms with E-state index in [0.717, 1.165) is 0 Å². The Morgan fingerprint density at radius 3 is 2.48 bits per heavy atom. The smallest absolute Gasteiger partial charge is 0.334 e. The third kappa shape index (κ3) is 4.12. The molecule has 0 aliphatic carbocycles. The number of aromatic amines is 1. The number of amides is 1. The molecule has 8 heteroatoms. The molecule has 0 saturated heterocycles. The summed E-state index contributed by atoms with van der Waals surface area (Å²) in [5.41, 5.74) is -0.378. The number of ether oxygens (including phenoxy) is 1. The summed E-state index contributed by atoms with van der Waals surface area (Å²) in [6.45, 7) is 5.05. The summed E-state index contributed by atoms with van der Waals surface area (Å²) >= 11 is 0. The van der Waals surface area contributed by atoms with E-state index in [1.165, 1.54) is 7.11 Å². The maximum Gasteiger partial charge on any atom is 0.334 e. The number of nitrogens with zero attached hydrogens (tertiary/aromatic N) is 1. The molecule has 0 fully saturated rings. The van der Waals surface area contributed by atoms with E-state index in [0.29, 0.717) is 11.5 Å². The third-order valence-corrected chi connectivity index (χ3v) is 2.90. The summed E-state index contributed by atoms with van der Waals surface area (Å²) in [7, 11) is 1.22. The second-order valence-electron chi connectivity index (χ2n) is 4.84. The van der Waals surface area contributed by atoms with E-state index in [9.17, 15) is 14.4 Å². The Kier molecular flexibility index (Phi) is 5.60. The maximum atomic E-state index is 12.0. The first-order valence-corrected chi connectivity index (χ1v) is 6.42. The second-order valence-corrected chi connectivity index (χ2v) is 4.84. The van der Waals surface area contributed by atoms with Crippen molar-refractivity contribution >= 4 is 11.9 Å². The molecule has 0 saturated carbocycles. The molecule has 21 heavy (non-hydrogen) atoms. The SMILES string of the molecule is COC(CNC(=O)c1c(C)nc(C(C)C)[nH]c1=O)C(=O)O. The van der Waals surface area contributed by atoms with Gasteiger partial charge in [0.25, 0.3) is 11.5 Å². The summed E-state index contributed by atoms with van der Waals surface area (Å²) in [4.78, 5) is 41.4. The largest absolute Gasteiger partial charge is 0.479 e. The monoisotopic (exact) mass is 297 g/mol. The first kappa shape index (κ1) is 16.8. The summed E-state index contributed by atoms with van der Waals surface area (Å²) < 4.78 is 4.69. The molecule has 116 valence electrons. The van der Waals surface area contributed by atoms with Gasteiger partial charge in [-0.15, -0.1) is 0 Å². The van der Waals surface area contributed by atoms with Crippen LogP contribution < -0.4 is 10.9 Å². The van der Waals surface area contributed by atoms with Gasteiger partial charge in [0.15, 0.2) is 6.10 Å². The van der Waals surface area contributed by atoms with E-state index in [2.05, 4.69) is 15.3 Å². The van der Waals surface area contributed by atoms with Gasteiger partial charge in [0.05, 0.1) is 12.2 Å². The fourth-order valence-electron chi connectivity index (χ4n) is 1.69. The fourth-order valence-corrected chi connectivity index (χ4v) is 1.69. The predicted octanol–water partition coefficient (Wildman–Crippen LogP) is 0.0311. The molecular weight excluding hydrogens is 278 g/mol. The Morgan fingerprint density at radius 1 is 1.43 bits per heavy atom. The van der Waals surface area contributed by atoms with Gasteiger partial charge in [-0.05, 0) is 6.92 Å². The second kappa shape index (κ2) is 6.98. The summed E-state index contributed by atoms with van der Waals surface area (Å²) in [6, 6.07) is 0. The molecule has 1 rings (SSSR count). The van der Waals surface area contributed by atoms with E-state index in [1.54, 1.807) is 6.92 Å². The molecule has 0 aromatic carbocycles. The van der Waals surface area contributed by atoms with Gasteiger partial charge in [-0.2, -0.15) is 0 Å². The highest BCUT2D eigenvalue weighted by Gasteiger charge is 2.21. The zero-order valence-corrected chi connectivity index (χ0v) is 12.4. The number of aryl methyl sites for hydroxylation is 1. The third-order valence-electron chi connectivity index (χ3n) is 2.90. The molecule has 1 aromatic rings. The summed E-state index contributed by atoms with van der Waals surface area (Å²) in [5, 5.41) is 11.2. The normalized spacial score (nSPS) is 12.2. The van der Waals surface area contributed by atoms with Crippen LogP contribution in [0.2, 0.25) is 0 Å². The Hall–Kier alpha value is -2.22. The molecule has 1 atom stereocenters. The maximum absolute atomic E-state index is 12.0. The molecule has 8 nitrogen and oxygen atoms in total. The minimum atomic E-state index is -1.20. The van der Waals surface area contributed by atoms with Crippen molar-refractivity contribution in [2.24, 2.45) is 0 Å². The van der Waals surface area contributed by atoms with Crippen LogP contribution in [-0.2, 0) is 9.53 Å². The molecule has 0 radical (unpaired) electrons. The van der Waals surface area contributed by atoms with Crippen molar-refractivity contribution in [2.45, 2.75) is 32.8 Å². The van der Waals surface area contributed by atoms with Crippen LogP contribution in [0.5, 0.6) is 0 Å². The minimum absolute atomic E-state index is 0.0263. The first-order valence-electron chi connectivity index (χ1n) is 6.42. The van der Waals surface area contributed by atoms with Gasteiger partial charge in [0, 0.05) is 13.0 Å². The number of aromatic nitrogens is 2. The molecular formula is C13H19N3O5. The number of hydrogen-bond acceptors (Lipinski definition) is 5. The van der Waals surface area contributed by atoms with Crippen molar-refractivity contribution in [1.82, 2.24) is 15.3 Å². The highest BCUT2D eigenvalue weighted by atomic mass is 16.5. The Labute approximate surface area is 121 Å². The Bertz CT molecular complexity index is 594. The summed E-state index contributed by atoms with van der Waals surface area (Å²) in [5.74, 6) is -1.36. The zero-order valence-electron chi connectivity index (χ0n) is 12.4. The first-order chi connectivity index (χ1) is 9.77. The molecule has 3 N–H and O–H groups in total. The minimum Gasteiger partial charge on any atom is -0.479 e. The van der Waals surface area contributed by atoms with Crippen LogP contribution in [-0.4, -0.2) is 46.7 Å². The highest BCUT2D eigenvalue weighted by molar-refractivity contribution is 5.95. The van der Waals surface area contributed by atoms with Crippen LogP contribution in [0.15, 0.2) is 4.79 Å². The van der Waals surface area contributed by atoms with E-state index in [4.69, 9.17) is 9.84 Å². The van der Waals surface area contributed by atoms with Gasteiger partial charge in [-0.3, -0.25) is 9.59 Å². The van der Waals surface area contributed by atoms with Gasteiger partial charge in [0.1, 0.15) is 11.4 Å². The number of carboxylic acid groups (broad SMARTS) is 1. The number of carboxylic acids is 1. The average molecular weight is 297 g/mol. The highest BCUT2D eigenvalue weighted by Crippen LogP contribution is 2.08. The van der Waals surface area contributed by atoms with Gasteiger partial charge in [0.2, 0.25) is 0 Å². The summed E-state index contributed by atoms with van der Waals surface area (Å²) in [6.07, 6.45) is -1.17. The average Bonchev–Trinajstić information content (AvgIpc) is 2.37. The Balaban J connectivity index is 2.93. The van der Waals surface area contributed by atoms with E-state index in [1.807, 2.05) is 13.8 Å². The lowest BCUT2D eigenvalue weighted by Gasteiger charge is -2.13. The van der Waals surface area contributed by atoms with Crippen molar-refractivity contribution in [1.29, 1.82) is 0 Å². The quantitative estimate of drug-likeness (QED) is 0.681. The van der Waals surface area contributed by atoms with Crippen molar-refractivity contribution in [3.8, 4) is 0 Å². The van der Waals surface area contributed by atoms with Crippen molar-refractivity contribution < 1.29 is 19.4 Å². The Morgan fingerprint density at radius 2 is 2.05 bits per heavy atom. The zero-order chi connectivity index (χ0) is 16.2. The number of rotatable bonds is 6. The molecule has 1 heterocycles. The van der Waals surface area contributed by atoms with E-state index in [-0.39, 0.29) is 18.0 Å². The molecule has 1 unspecified atom stereocenters. The van der Waals surface area contributed by atoms with Crippen LogP contribution in [0.25, 0.3) is 0 Å². The number of aliphatic carboxylic acids is 1. The lowest BCUT2D eigenvalue weighted by atomic mass is 10.1. The number of carbonyl (C=O) groups excluding carboxylic acids is 1. The molecule has 1 aromatic heterocycles. The van der Waals surface area contributed by atoms with Crippen LogP contribution in [0.3, 0.4) is 0 Å². The van der Waals surface area contributed by atoms with Gasteiger partial charge in [-0.1, -0.05) is 13.8 Å². The molecule has 1 amide bonds. The number of methoxy groups -OCH3 is 1. The molecule has 0 bridgehead atoms. The van der Waals surface area contributed by atoms with Crippen molar-refractivity contribution in [2.75, 3.05) is 13.7 Å². The van der Waals surface area contributed by atoms with Gasteiger partial charge >= 0.3 is 5.97 Å². The number of carbonyl (C=O) groups is 2. The fraction of sp³-hybridized carbons (Fsp3) is 0.538. The standard InChI is InChI=1S/C13H19N3O5/c1-6(2)10-15-7(3)9(12(18)16-10)11(17)14-5-8(21-4)13(19)20/h6,8H,5H2,1-4H3,(H,14,17)(H,19,20)(H,15,16,18). The van der Waals surface area contributed by atoms with Crippen LogP contribution >= 0.6 is 0 Å². The van der Waals surface area contributed by atoms with Crippen molar-refractivity contribution in [3.05, 3.63) is 27.4 Å². The van der Waals surface area contributed by atoms with Gasteiger partial charge in [-0.25, -0.2) is 9.78 Å². The van der Waals surface area contributed by atoms with Crippen LogP contribution in [0.1, 0.15) is 41.6 Å². The number of H-pyrrole nitrogens is 1. The van der Waals surface area contributed by atoms with Crippen molar-refractivity contribution in [3.63, 3.8) is 0 Å². The lowest BCUT2D eigenvalue weighted by Crippen LogP contribution is -2.40. The predicted molar refractivity (Wildman–Crippen MR) is 74.4 cm³/mol. The molecule has 0 aliphatic rings. The topological polar surface area (TPSA) is 121 Å². The van der Waals surface area contributed by atoms with Crippen LogP contribution in [0, 0.1) is 6.92 Å². The number of hydrogen-bond donors (Lipinski definition) is 3. The lowest BCUT2D eigenvalue weighted by molar-refractivity contribution is -0.148. The van der Waals surface area contributed by atoms with E-state index < -0.39 is 23.5 Å². The van der Waals surface area contributed by atoms with E-state index >= 15 is 0 Å². The van der Waals surface area contributed by atoms with Crippen LogP contribution in [0.4, 0.5) is 0 Å². The van der Waals surface area contributed by atoms with Gasteiger partial charge < -0.3 is 20.1 Å². The number of nitrogens with one attached hydrogen (secondary N) is 2.